The molecule has 2 bridgehead atoms. The van der Waals surface area contributed by atoms with Crippen molar-refractivity contribution >= 4 is 35.0 Å². The van der Waals surface area contributed by atoms with Crippen LogP contribution in [0.3, 0.4) is 0 Å². The van der Waals surface area contributed by atoms with Gasteiger partial charge in [0.05, 0.1) is 17.9 Å². The van der Waals surface area contributed by atoms with Gasteiger partial charge in [0.1, 0.15) is 11.6 Å². The Hall–Kier alpha value is -2.42. The highest BCUT2D eigenvalue weighted by Gasteiger charge is 2.72. The van der Waals surface area contributed by atoms with Gasteiger partial charge in [-0.05, 0) is 69.3 Å². The van der Waals surface area contributed by atoms with Gasteiger partial charge in [0.15, 0.2) is 0 Å². The van der Waals surface area contributed by atoms with E-state index in [1.165, 1.54) is 19.3 Å². The number of fused-ring (bicyclic) bond motifs is 1. The van der Waals surface area contributed by atoms with Gasteiger partial charge in [-0.3, -0.25) is 14.4 Å². The second-order valence-electron chi connectivity index (χ2n) is 12.5. The smallest absolute Gasteiger partial charge is 0.246 e. The summed E-state index contributed by atoms with van der Waals surface area (Å²) in [4.78, 5) is 45.9. The van der Waals surface area contributed by atoms with E-state index in [0.29, 0.717) is 23.2 Å². The Morgan fingerprint density at radius 3 is 2.70 bits per heavy atom. The fourth-order valence-electron chi connectivity index (χ4n) is 7.78. The molecule has 1 aliphatic carbocycles. The van der Waals surface area contributed by atoms with Crippen molar-refractivity contribution in [3.8, 4) is 0 Å². The standard InChI is InChI=1S/C31H41ClN4O4/c1-20-8-6-15-35(19-20)16-7-17-36-27(29(38)33-22-10-3-2-4-11-22)31-14-13-24(40-31)25(26(31)30(36)39)28(37)34-23-12-5-9-21(32)18-23/h5,9,12-14,18,20,22,24-27H,2-4,6-8,10-11,15-17,19H2,1H3,(H,33,38)(H,34,37)/t20?,24-,25?,26-,27?,31?/m0/s1. The molecule has 9 heteroatoms. The highest BCUT2D eigenvalue weighted by molar-refractivity contribution is 6.30. The predicted octanol–water partition coefficient (Wildman–Crippen LogP) is 4.00. The number of nitrogens with zero attached hydrogens (tertiary/aromatic N) is 2. The first kappa shape index (κ1) is 27.7. The van der Waals surface area contributed by atoms with E-state index in [4.69, 9.17) is 16.3 Å². The summed E-state index contributed by atoms with van der Waals surface area (Å²) in [7, 11) is 0. The van der Waals surface area contributed by atoms with E-state index in [9.17, 15) is 14.4 Å². The van der Waals surface area contributed by atoms with Crippen LogP contribution in [0.4, 0.5) is 5.69 Å². The monoisotopic (exact) mass is 568 g/mol. The lowest BCUT2D eigenvalue weighted by Gasteiger charge is -2.35. The molecule has 1 aromatic carbocycles. The van der Waals surface area contributed by atoms with Crippen LogP contribution in [0, 0.1) is 17.8 Å². The van der Waals surface area contributed by atoms with Crippen LogP contribution < -0.4 is 10.6 Å². The fourth-order valence-corrected chi connectivity index (χ4v) is 7.97. The molecule has 1 saturated carbocycles. The molecule has 1 spiro atoms. The van der Waals surface area contributed by atoms with E-state index >= 15 is 0 Å². The molecule has 4 fully saturated rings. The Morgan fingerprint density at radius 1 is 1.10 bits per heavy atom. The average Bonchev–Trinajstić information content (AvgIpc) is 3.57. The van der Waals surface area contributed by atoms with Crippen LogP contribution in [0.15, 0.2) is 36.4 Å². The Labute approximate surface area is 241 Å². The summed E-state index contributed by atoms with van der Waals surface area (Å²) < 4.78 is 6.48. The van der Waals surface area contributed by atoms with Crippen molar-refractivity contribution in [2.45, 2.75) is 82.1 Å². The molecule has 216 valence electrons. The van der Waals surface area contributed by atoms with Gasteiger partial charge in [-0.15, -0.1) is 0 Å². The van der Waals surface area contributed by atoms with Gasteiger partial charge in [-0.1, -0.05) is 56.0 Å². The van der Waals surface area contributed by atoms with Crippen LogP contribution in [-0.2, 0) is 19.1 Å². The van der Waals surface area contributed by atoms with E-state index < -0.39 is 29.6 Å². The molecule has 2 N–H and O–H groups in total. The Morgan fingerprint density at radius 2 is 1.93 bits per heavy atom. The molecule has 3 amide bonds. The summed E-state index contributed by atoms with van der Waals surface area (Å²) >= 11 is 6.13. The molecule has 4 heterocycles. The van der Waals surface area contributed by atoms with E-state index in [-0.39, 0.29) is 23.8 Å². The number of carbonyl (C=O) groups is 3. The van der Waals surface area contributed by atoms with Gasteiger partial charge in [0.25, 0.3) is 0 Å². The third kappa shape index (κ3) is 5.19. The molecule has 8 nitrogen and oxygen atoms in total. The van der Waals surface area contributed by atoms with Crippen LogP contribution in [0.2, 0.25) is 5.02 Å². The van der Waals surface area contributed by atoms with Crippen LogP contribution in [-0.4, -0.2) is 77.5 Å². The highest BCUT2D eigenvalue weighted by Crippen LogP contribution is 2.55. The number of nitrogens with one attached hydrogen (secondary N) is 2. The van der Waals surface area contributed by atoms with Gasteiger partial charge >= 0.3 is 0 Å². The van der Waals surface area contributed by atoms with Crippen LogP contribution in [0.25, 0.3) is 0 Å². The lowest BCUT2D eigenvalue weighted by molar-refractivity contribution is -0.141. The third-order valence-electron chi connectivity index (χ3n) is 9.58. The van der Waals surface area contributed by atoms with Crippen molar-refractivity contribution in [2.75, 3.05) is 31.5 Å². The SMILES string of the molecule is CC1CCCN(CCCN2C(=O)[C@@H]3C(C(=O)Nc4cccc(Cl)c4)[C@@H]4C=CC3(O4)C2C(=O)NC2CCCCC2)C1. The van der Waals surface area contributed by atoms with Gasteiger partial charge in [-0.25, -0.2) is 0 Å². The maximum absolute atomic E-state index is 14.2. The molecule has 40 heavy (non-hydrogen) atoms. The normalized spacial score (nSPS) is 33.8. The van der Waals surface area contributed by atoms with Gasteiger partial charge in [0, 0.05) is 29.8 Å². The molecule has 3 saturated heterocycles. The zero-order chi connectivity index (χ0) is 27.9. The number of halogens is 1. The number of benzene rings is 1. The van der Waals surface area contributed by atoms with Crippen molar-refractivity contribution in [1.29, 1.82) is 0 Å². The number of rotatable bonds is 8. The van der Waals surface area contributed by atoms with Gasteiger partial charge in [0.2, 0.25) is 17.7 Å². The molecule has 6 atom stereocenters. The maximum atomic E-state index is 14.2. The quantitative estimate of drug-likeness (QED) is 0.463. The molecule has 5 aliphatic rings. The number of ether oxygens (including phenoxy) is 1. The van der Waals surface area contributed by atoms with E-state index in [1.54, 1.807) is 29.2 Å². The van der Waals surface area contributed by atoms with E-state index in [1.807, 2.05) is 12.2 Å². The third-order valence-corrected chi connectivity index (χ3v) is 9.82. The maximum Gasteiger partial charge on any atom is 0.246 e. The van der Waals surface area contributed by atoms with Crippen molar-refractivity contribution in [1.82, 2.24) is 15.1 Å². The summed E-state index contributed by atoms with van der Waals surface area (Å²) in [5, 5.41) is 6.72. The molecule has 6 rings (SSSR count). The first-order valence-corrected chi connectivity index (χ1v) is 15.5. The molecular weight excluding hydrogens is 528 g/mol. The highest BCUT2D eigenvalue weighted by atomic mass is 35.5. The Balaban J connectivity index is 1.23. The predicted molar refractivity (Wildman–Crippen MR) is 154 cm³/mol. The second kappa shape index (κ2) is 11.5. The molecular formula is C31H41ClN4O4. The lowest BCUT2D eigenvalue weighted by atomic mass is 9.74. The number of piperidine rings is 1. The van der Waals surface area contributed by atoms with Gasteiger partial charge in [-0.2, -0.15) is 0 Å². The number of amides is 3. The number of anilines is 1. The zero-order valence-corrected chi connectivity index (χ0v) is 24.1. The number of likely N-dealkylation sites (tertiary alicyclic amines) is 2. The number of hydrogen-bond donors (Lipinski definition) is 2. The van der Waals surface area contributed by atoms with Crippen LogP contribution in [0.1, 0.15) is 58.3 Å². The first-order valence-electron chi connectivity index (χ1n) is 15.1. The second-order valence-corrected chi connectivity index (χ2v) is 12.9. The van der Waals surface area contributed by atoms with Crippen molar-refractivity contribution in [3.63, 3.8) is 0 Å². The van der Waals surface area contributed by atoms with E-state index in [2.05, 4.69) is 22.5 Å². The molecule has 4 unspecified atom stereocenters. The minimum absolute atomic E-state index is 0.119. The lowest BCUT2D eigenvalue weighted by Crippen LogP contribution is -2.56. The summed E-state index contributed by atoms with van der Waals surface area (Å²) in [5.41, 5.74) is -0.556. The average molecular weight is 569 g/mol. The van der Waals surface area contributed by atoms with Crippen LogP contribution in [0.5, 0.6) is 0 Å². The molecule has 4 aliphatic heterocycles. The topological polar surface area (TPSA) is 91.0 Å². The molecule has 0 radical (unpaired) electrons. The minimum Gasteiger partial charge on any atom is -0.359 e. The minimum atomic E-state index is -1.13. The van der Waals surface area contributed by atoms with Crippen molar-refractivity contribution < 1.29 is 19.1 Å². The Kier molecular flexibility index (Phi) is 7.94. The first-order chi connectivity index (χ1) is 19.4. The molecule has 0 aromatic heterocycles. The van der Waals surface area contributed by atoms with Crippen molar-refractivity contribution in [3.05, 3.63) is 41.4 Å². The summed E-state index contributed by atoms with van der Waals surface area (Å²) in [6, 6.07) is 6.31. The fraction of sp³-hybridized carbons (Fsp3) is 0.645. The summed E-state index contributed by atoms with van der Waals surface area (Å²) in [6.45, 7) is 5.80. The number of hydrogen-bond acceptors (Lipinski definition) is 5. The zero-order valence-electron chi connectivity index (χ0n) is 23.3. The van der Waals surface area contributed by atoms with Crippen molar-refractivity contribution in [2.24, 2.45) is 17.8 Å². The largest absolute Gasteiger partial charge is 0.359 e. The van der Waals surface area contributed by atoms with E-state index in [0.717, 1.165) is 51.7 Å². The Bertz CT molecular complexity index is 1170. The summed E-state index contributed by atoms with van der Waals surface area (Å²) in [5.74, 6) is -1.37. The number of carbonyl (C=O) groups excluding carboxylic acids is 3. The van der Waals surface area contributed by atoms with Crippen LogP contribution >= 0.6 is 11.6 Å². The summed E-state index contributed by atoms with van der Waals surface area (Å²) in [6.07, 6.45) is 11.8. The molecule has 1 aromatic rings. The van der Waals surface area contributed by atoms with Gasteiger partial charge < -0.3 is 25.2 Å².